The standard InChI is InChI=1S/C16H18ClN5O2/c1-2-18-13(23)9-19-16(24)14-20-15(10-7-8-10)22(21-14)12-6-4-3-5-11(12)17/h3-6,10H,2,7-9H2,1H3,(H,18,23)(H,19,24). The Kier molecular flexibility index (Phi) is 4.80. The molecule has 2 amide bonds. The van der Waals surface area contributed by atoms with E-state index in [1.807, 2.05) is 25.1 Å². The fraction of sp³-hybridized carbons (Fsp3) is 0.375. The summed E-state index contributed by atoms with van der Waals surface area (Å²) in [6, 6.07) is 7.29. The monoisotopic (exact) mass is 347 g/mol. The van der Waals surface area contributed by atoms with Gasteiger partial charge in [0.15, 0.2) is 0 Å². The molecule has 2 aromatic rings. The molecule has 7 nitrogen and oxygen atoms in total. The molecule has 0 aliphatic heterocycles. The van der Waals surface area contributed by atoms with Crippen molar-refractivity contribution in [3.63, 3.8) is 0 Å². The first-order valence-corrected chi connectivity index (χ1v) is 8.24. The van der Waals surface area contributed by atoms with Crippen LogP contribution in [0.4, 0.5) is 0 Å². The van der Waals surface area contributed by atoms with Gasteiger partial charge in [-0.25, -0.2) is 9.67 Å². The molecule has 1 aromatic heterocycles. The topological polar surface area (TPSA) is 88.9 Å². The van der Waals surface area contributed by atoms with Crippen molar-refractivity contribution in [1.29, 1.82) is 0 Å². The second-order valence-electron chi connectivity index (χ2n) is 5.57. The van der Waals surface area contributed by atoms with E-state index in [9.17, 15) is 9.59 Å². The molecule has 0 atom stereocenters. The van der Waals surface area contributed by atoms with Crippen LogP contribution in [0.3, 0.4) is 0 Å². The molecule has 1 aliphatic carbocycles. The number of amides is 2. The molecule has 3 rings (SSSR count). The summed E-state index contributed by atoms with van der Waals surface area (Å²) in [5.41, 5.74) is 0.691. The SMILES string of the molecule is CCNC(=O)CNC(=O)c1nc(C2CC2)n(-c2ccccc2Cl)n1. The Hall–Kier alpha value is -2.41. The minimum atomic E-state index is -0.478. The van der Waals surface area contributed by atoms with Crippen molar-refractivity contribution in [2.75, 3.05) is 13.1 Å². The van der Waals surface area contributed by atoms with Gasteiger partial charge in [0.1, 0.15) is 5.82 Å². The molecule has 1 heterocycles. The maximum absolute atomic E-state index is 12.2. The average Bonchev–Trinajstić information content (AvgIpc) is 3.32. The van der Waals surface area contributed by atoms with Crippen molar-refractivity contribution in [3.8, 4) is 5.69 Å². The summed E-state index contributed by atoms with van der Waals surface area (Å²) in [4.78, 5) is 28.0. The number of hydrogen-bond acceptors (Lipinski definition) is 4. The van der Waals surface area contributed by atoms with Gasteiger partial charge < -0.3 is 10.6 Å². The van der Waals surface area contributed by atoms with Crippen molar-refractivity contribution in [3.05, 3.63) is 40.9 Å². The van der Waals surface area contributed by atoms with Gasteiger partial charge in [0.25, 0.3) is 5.91 Å². The van der Waals surface area contributed by atoms with Crippen LogP contribution >= 0.6 is 11.6 Å². The number of benzene rings is 1. The highest BCUT2D eigenvalue weighted by molar-refractivity contribution is 6.32. The van der Waals surface area contributed by atoms with Crippen molar-refractivity contribution < 1.29 is 9.59 Å². The van der Waals surface area contributed by atoms with Crippen molar-refractivity contribution in [2.24, 2.45) is 0 Å². The Bertz CT molecular complexity index is 770. The van der Waals surface area contributed by atoms with Crippen LogP contribution in [0.5, 0.6) is 0 Å². The normalized spacial score (nSPS) is 13.6. The zero-order valence-corrected chi connectivity index (χ0v) is 14.0. The predicted octanol–water partition coefficient (Wildman–Crippen LogP) is 1.66. The van der Waals surface area contributed by atoms with E-state index in [2.05, 4.69) is 20.7 Å². The third-order valence-electron chi connectivity index (χ3n) is 3.64. The summed E-state index contributed by atoms with van der Waals surface area (Å²) < 4.78 is 1.63. The van der Waals surface area contributed by atoms with Crippen LogP contribution < -0.4 is 10.6 Å². The van der Waals surface area contributed by atoms with Crippen LogP contribution in [0.2, 0.25) is 5.02 Å². The molecule has 1 aromatic carbocycles. The predicted molar refractivity (Wildman–Crippen MR) is 89.4 cm³/mol. The fourth-order valence-corrected chi connectivity index (χ4v) is 2.54. The number of likely N-dealkylation sites (N-methyl/N-ethyl adjacent to an activating group) is 1. The maximum Gasteiger partial charge on any atom is 0.291 e. The first kappa shape index (κ1) is 16.4. The number of carbonyl (C=O) groups is 2. The van der Waals surface area contributed by atoms with E-state index in [-0.39, 0.29) is 18.3 Å². The largest absolute Gasteiger partial charge is 0.355 e. The first-order chi connectivity index (χ1) is 11.6. The van der Waals surface area contributed by atoms with Crippen molar-refractivity contribution in [1.82, 2.24) is 25.4 Å². The molecule has 1 aliphatic rings. The highest BCUT2D eigenvalue weighted by atomic mass is 35.5. The lowest BCUT2D eigenvalue weighted by molar-refractivity contribution is -0.120. The molecule has 0 spiro atoms. The lowest BCUT2D eigenvalue weighted by Crippen LogP contribution is -2.37. The second kappa shape index (κ2) is 7.00. The number of carbonyl (C=O) groups excluding carboxylic acids is 2. The smallest absolute Gasteiger partial charge is 0.291 e. The highest BCUT2D eigenvalue weighted by Crippen LogP contribution is 2.40. The molecule has 0 unspecified atom stereocenters. The number of nitrogens with zero attached hydrogens (tertiary/aromatic N) is 3. The Balaban J connectivity index is 1.83. The third-order valence-corrected chi connectivity index (χ3v) is 3.96. The summed E-state index contributed by atoms with van der Waals surface area (Å²) in [5, 5.41) is 9.98. The van der Waals surface area contributed by atoms with Gasteiger partial charge in [0.05, 0.1) is 17.3 Å². The van der Waals surface area contributed by atoms with Crippen LogP contribution in [-0.2, 0) is 4.79 Å². The summed E-state index contributed by atoms with van der Waals surface area (Å²) in [5.74, 6) is 0.332. The van der Waals surface area contributed by atoms with Crippen LogP contribution in [0, 0.1) is 0 Å². The number of nitrogens with one attached hydrogen (secondary N) is 2. The molecule has 8 heteroatoms. The lowest BCUT2D eigenvalue weighted by atomic mass is 10.3. The van der Waals surface area contributed by atoms with Gasteiger partial charge in [-0.1, -0.05) is 23.7 Å². The quantitative estimate of drug-likeness (QED) is 0.831. The van der Waals surface area contributed by atoms with Gasteiger partial charge in [-0.2, -0.15) is 0 Å². The fourth-order valence-electron chi connectivity index (χ4n) is 2.33. The molecule has 1 fully saturated rings. The summed E-state index contributed by atoms with van der Waals surface area (Å²) in [7, 11) is 0. The van der Waals surface area contributed by atoms with E-state index in [4.69, 9.17) is 11.6 Å². The van der Waals surface area contributed by atoms with E-state index in [1.165, 1.54) is 0 Å². The third kappa shape index (κ3) is 3.56. The van der Waals surface area contributed by atoms with E-state index < -0.39 is 5.91 Å². The molecule has 24 heavy (non-hydrogen) atoms. The van der Waals surface area contributed by atoms with Gasteiger partial charge in [-0.3, -0.25) is 9.59 Å². The minimum absolute atomic E-state index is 0.0427. The van der Waals surface area contributed by atoms with Gasteiger partial charge >= 0.3 is 0 Å². The van der Waals surface area contributed by atoms with Gasteiger partial charge in [-0.15, -0.1) is 5.10 Å². The van der Waals surface area contributed by atoms with Crippen molar-refractivity contribution >= 4 is 23.4 Å². The molecular weight excluding hydrogens is 330 g/mol. The number of para-hydroxylation sites is 1. The van der Waals surface area contributed by atoms with E-state index in [0.29, 0.717) is 23.2 Å². The molecule has 0 radical (unpaired) electrons. The number of halogens is 1. The molecule has 2 N–H and O–H groups in total. The maximum atomic E-state index is 12.2. The zero-order chi connectivity index (χ0) is 17.1. The van der Waals surface area contributed by atoms with Crippen LogP contribution in [0.15, 0.2) is 24.3 Å². The summed E-state index contributed by atoms with van der Waals surface area (Å²) >= 11 is 6.24. The summed E-state index contributed by atoms with van der Waals surface area (Å²) in [6.07, 6.45) is 2.03. The number of hydrogen-bond donors (Lipinski definition) is 2. The van der Waals surface area contributed by atoms with Crippen LogP contribution in [-0.4, -0.2) is 39.7 Å². The van der Waals surface area contributed by atoms with E-state index in [0.717, 1.165) is 18.7 Å². The second-order valence-corrected chi connectivity index (χ2v) is 5.97. The molecule has 0 saturated heterocycles. The van der Waals surface area contributed by atoms with Gasteiger partial charge in [0, 0.05) is 12.5 Å². The lowest BCUT2D eigenvalue weighted by Gasteiger charge is -2.06. The van der Waals surface area contributed by atoms with E-state index in [1.54, 1.807) is 10.7 Å². The van der Waals surface area contributed by atoms with Crippen LogP contribution in [0.25, 0.3) is 5.69 Å². The van der Waals surface area contributed by atoms with Crippen LogP contribution in [0.1, 0.15) is 42.1 Å². The Morgan fingerprint density at radius 3 is 2.71 bits per heavy atom. The average molecular weight is 348 g/mol. The van der Waals surface area contributed by atoms with Gasteiger partial charge in [0.2, 0.25) is 11.7 Å². The van der Waals surface area contributed by atoms with Crippen molar-refractivity contribution in [2.45, 2.75) is 25.7 Å². The highest BCUT2D eigenvalue weighted by Gasteiger charge is 2.32. The Labute approximate surface area is 144 Å². The summed E-state index contributed by atoms with van der Waals surface area (Å²) in [6.45, 7) is 2.22. The zero-order valence-electron chi connectivity index (χ0n) is 13.3. The minimum Gasteiger partial charge on any atom is -0.355 e. The number of aromatic nitrogens is 3. The first-order valence-electron chi connectivity index (χ1n) is 7.87. The van der Waals surface area contributed by atoms with Gasteiger partial charge in [-0.05, 0) is 31.9 Å². The van der Waals surface area contributed by atoms with E-state index >= 15 is 0 Å². The molecular formula is C16H18ClN5O2. The number of rotatable bonds is 6. The Morgan fingerprint density at radius 2 is 2.04 bits per heavy atom. The molecule has 126 valence electrons. The Morgan fingerprint density at radius 1 is 1.29 bits per heavy atom. The molecule has 0 bridgehead atoms. The molecule has 1 saturated carbocycles.